The zero-order valence-corrected chi connectivity index (χ0v) is 11.1. The highest BCUT2D eigenvalue weighted by molar-refractivity contribution is 6.01. The number of benzene rings is 2. The van der Waals surface area contributed by atoms with Crippen molar-refractivity contribution in [1.82, 2.24) is 5.43 Å². The molecule has 2 rings (SSSR count). The number of hydrogen-bond acceptors (Lipinski definition) is 4. The van der Waals surface area contributed by atoms with Crippen LogP contribution in [-0.4, -0.2) is 11.6 Å². The molecule has 0 radical (unpaired) electrons. The Balaban J connectivity index is 2.06. The number of amides is 1. The van der Waals surface area contributed by atoms with Crippen LogP contribution in [0.4, 0.5) is 11.4 Å². The molecule has 2 aromatic rings. The Morgan fingerprint density at radius 2 is 1.35 bits per heavy atom. The van der Waals surface area contributed by atoms with E-state index in [1.807, 2.05) is 19.1 Å². The number of carbonyl (C=O) groups excluding carboxylic acids is 1. The van der Waals surface area contributed by atoms with Gasteiger partial charge in [-0.3, -0.25) is 4.79 Å². The van der Waals surface area contributed by atoms with E-state index in [1.165, 1.54) is 0 Å². The summed E-state index contributed by atoms with van der Waals surface area (Å²) in [6, 6.07) is 13.9. The van der Waals surface area contributed by atoms with E-state index in [9.17, 15) is 4.79 Å². The molecule has 20 heavy (non-hydrogen) atoms. The van der Waals surface area contributed by atoms with Gasteiger partial charge in [-0.25, -0.2) is 5.43 Å². The Hall–Kier alpha value is -2.82. The first kappa shape index (κ1) is 13.6. The Bertz CT molecular complexity index is 630. The molecule has 0 atom stereocenters. The third kappa shape index (κ3) is 3.35. The number of rotatable bonds is 3. The number of nitrogens with zero attached hydrogens (tertiary/aromatic N) is 1. The topological polar surface area (TPSA) is 93.5 Å². The maximum Gasteiger partial charge on any atom is 0.271 e. The summed E-state index contributed by atoms with van der Waals surface area (Å²) >= 11 is 0. The summed E-state index contributed by atoms with van der Waals surface area (Å²) in [6.07, 6.45) is 0. The largest absolute Gasteiger partial charge is 0.399 e. The minimum atomic E-state index is -0.278. The number of hydrazone groups is 1. The molecule has 2 aromatic carbocycles. The number of hydrogen-bond donors (Lipinski definition) is 3. The van der Waals surface area contributed by atoms with Crippen molar-refractivity contribution < 1.29 is 4.79 Å². The Morgan fingerprint density at radius 1 is 0.900 bits per heavy atom. The first-order valence-electron chi connectivity index (χ1n) is 6.12. The number of nitrogen functional groups attached to an aromatic ring is 2. The summed E-state index contributed by atoms with van der Waals surface area (Å²) in [5.41, 5.74) is 17.1. The summed E-state index contributed by atoms with van der Waals surface area (Å²) in [7, 11) is 0. The molecule has 0 unspecified atom stereocenters. The monoisotopic (exact) mass is 268 g/mol. The van der Waals surface area contributed by atoms with E-state index in [4.69, 9.17) is 11.5 Å². The van der Waals surface area contributed by atoms with Gasteiger partial charge in [0.05, 0.1) is 5.71 Å². The number of anilines is 2. The zero-order chi connectivity index (χ0) is 14.5. The van der Waals surface area contributed by atoms with Crippen molar-refractivity contribution in [2.45, 2.75) is 6.92 Å². The van der Waals surface area contributed by atoms with E-state index in [2.05, 4.69) is 10.5 Å². The molecule has 1 amide bonds. The lowest BCUT2D eigenvalue weighted by molar-refractivity contribution is 0.0955. The number of nitrogens with one attached hydrogen (secondary N) is 1. The second-order valence-electron chi connectivity index (χ2n) is 4.38. The van der Waals surface area contributed by atoms with Crippen LogP contribution in [0.15, 0.2) is 53.6 Å². The van der Waals surface area contributed by atoms with Crippen LogP contribution in [0.2, 0.25) is 0 Å². The highest BCUT2D eigenvalue weighted by Gasteiger charge is 2.04. The van der Waals surface area contributed by atoms with E-state index < -0.39 is 0 Å². The second-order valence-corrected chi connectivity index (χ2v) is 4.38. The molecule has 0 aliphatic heterocycles. The van der Waals surface area contributed by atoms with Crippen LogP contribution in [0.3, 0.4) is 0 Å². The first-order valence-corrected chi connectivity index (χ1v) is 6.12. The van der Waals surface area contributed by atoms with Crippen molar-refractivity contribution in [3.63, 3.8) is 0 Å². The molecule has 0 aliphatic rings. The van der Waals surface area contributed by atoms with Gasteiger partial charge >= 0.3 is 0 Å². The molecular formula is C15H16N4O. The molecule has 0 aliphatic carbocycles. The smallest absolute Gasteiger partial charge is 0.271 e. The van der Waals surface area contributed by atoms with Gasteiger partial charge in [0.15, 0.2) is 0 Å². The van der Waals surface area contributed by atoms with Gasteiger partial charge in [0.1, 0.15) is 0 Å². The van der Waals surface area contributed by atoms with Crippen LogP contribution in [-0.2, 0) is 0 Å². The van der Waals surface area contributed by atoms with Gasteiger partial charge in [-0.15, -0.1) is 0 Å². The van der Waals surface area contributed by atoms with Gasteiger partial charge in [-0.1, -0.05) is 12.1 Å². The van der Waals surface area contributed by atoms with E-state index in [1.54, 1.807) is 36.4 Å². The summed E-state index contributed by atoms with van der Waals surface area (Å²) in [5.74, 6) is -0.278. The van der Waals surface area contributed by atoms with Gasteiger partial charge in [0, 0.05) is 16.9 Å². The van der Waals surface area contributed by atoms with Crippen molar-refractivity contribution in [2.24, 2.45) is 5.10 Å². The van der Waals surface area contributed by atoms with Crippen molar-refractivity contribution in [3.05, 3.63) is 59.7 Å². The molecule has 5 nitrogen and oxygen atoms in total. The Kier molecular flexibility index (Phi) is 4.00. The van der Waals surface area contributed by atoms with E-state index in [0.717, 1.165) is 5.56 Å². The molecule has 0 heterocycles. The highest BCUT2D eigenvalue weighted by atomic mass is 16.2. The van der Waals surface area contributed by atoms with Gasteiger partial charge < -0.3 is 11.5 Å². The van der Waals surface area contributed by atoms with E-state index >= 15 is 0 Å². The maximum atomic E-state index is 11.9. The van der Waals surface area contributed by atoms with E-state index in [-0.39, 0.29) is 5.91 Å². The number of nitrogens with two attached hydrogens (primary N) is 2. The fourth-order valence-corrected chi connectivity index (χ4v) is 1.62. The predicted molar refractivity (Wildman–Crippen MR) is 81.4 cm³/mol. The van der Waals surface area contributed by atoms with Crippen LogP contribution in [0.1, 0.15) is 22.8 Å². The fraction of sp³-hybridized carbons (Fsp3) is 0.0667. The molecule has 5 N–H and O–H groups in total. The normalized spacial score (nSPS) is 11.2. The summed E-state index contributed by atoms with van der Waals surface area (Å²) in [6.45, 7) is 1.81. The van der Waals surface area contributed by atoms with E-state index in [0.29, 0.717) is 22.6 Å². The van der Waals surface area contributed by atoms with Gasteiger partial charge in [0.2, 0.25) is 0 Å². The summed E-state index contributed by atoms with van der Waals surface area (Å²) in [4.78, 5) is 11.9. The van der Waals surface area contributed by atoms with Crippen LogP contribution >= 0.6 is 0 Å². The minimum absolute atomic E-state index is 0.278. The lowest BCUT2D eigenvalue weighted by Gasteiger charge is -2.04. The molecule has 102 valence electrons. The van der Waals surface area contributed by atoms with Gasteiger partial charge in [-0.05, 0) is 48.9 Å². The maximum absolute atomic E-state index is 11.9. The minimum Gasteiger partial charge on any atom is -0.399 e. The molecule has 5 heteroatoms. The third-order valence-electron chi connectivity index (χ3n) is 2.83. The molecule has 0 saturated heterocycles. The van der Waals surface area contributed by atoms with Crippen molar-refractivity contribution >= 4 is 23.0 Å². The van der Waals surface area contributed by atoms with Crippen LogP contribution < -0.4 is 16.9 Å². The third-order valence-corrected chi connectivity index (χ3v) is 2.83. The molecule has 0 fully saturated rings. The lowest BCUT2D eigenvalue weighted by atomic mass is 10.1. The van der Waals surface area contributed by atoms with Crippen molar-refractivity contribution in [1.29, 1.82) is 0 Å². The summed E-state index contributed by atoms with van der Waals surface area (Å²) < 4.78 is 0. The Labute approximate surface area is 117 Å². The highest BCUT2D eigenvalue weighted by Crippen LogP contribution is 2.07. The SMILES string of the molecule is CC(=NNC(=O)c1ccc(N)cc1)c1ccc(N)cc1. The zero-order valence-electron chi connectivity index (χ0n) is 11.1. The summed E-state index contributed by atoms with van der Waals surface area (Å²) in [5, 5.41) is 4.07. The molecule has 0 bridgehead atoms. The van der Waals surface area contributed by atoms with Gasteiger partial charge in [0.25, 0.3) is 5.91 Å². The Morgan fingerprint density at radius 3 is 1.85 bits per heavy atom. The average molecular weight is 268 g/mol. The average Bonchev–Trinajstić information content (AvgIpc) is 2.46. The quantitative estimate of drug-likeness (QED) is 0.451. The van der Waals surface area contributed by atoms with Crippen LogP contribution in [0.5, 0.6) is 0 Å². The molecular weight excluding hydrogens is 252 g/mol. The molecule has 0 spiro atoms. The second kappa shape index (κ2) is 5.88. The van der Waals surface area contributed by atoms with Crippen molar-refractivity contribution in [2.75, 3.05) is 11.5 Å². The lowest BCUT2D eigenvalue weighted by Crippen LogP contribution is -2.19. The number of carbonyl (C=O) groups is 1. The first-order chi connectivity index (χ1) is 9.56. The standard InChI is InChI=1S/C15H16N4O/c1-10(11-2-6-13(16)7-3-11)18-19-15(20)12-4-8-14(17)9-5-12/h2-9H,16-17H2,1H3,(H,19,20). The van der Waals surface area contributed by atoms with Crippen LogP contribution in [0, 0.1) is 0 Å². The predicted octanol–water partition coefficient (Wildman–Crippen LogP) is 2.00. The van der Waals surface area contributed by atoms with Crippen molar-refractivity contribution in [3.8, 4) is 0 Å². The molecule has 0 aromatic heterocycles. The van der Waals surface area contributed by atoms with Crippen LogP contribution in [0.25, 0.3) is 0 Å². The molecule has 0 saturated carbocycles. The fourth-order valence-electron chi connectivity index (χ4n) is 1.62. The van der Waals surface area contributed by atoms with Gasteiger partial charge in [-0.2, -0.15) is 5.10 Å².